The molecule has 1 unspecified atom stereocenters. The van der Waals surface area contributed by atoms with Gasteiger partial charge >= 0.3 is 0 Å². The van der Waals surface area contributed by atoms with Crippen LogP contribution in [0.1, 0.15) is 0 Å². The number of carbonyl (C=O) groups is 1. The second kappa shape index (κ2) is 4.69. The van der Waals surface area contributed by atoms with Crippen LogP contribution < -0.4 is 22.7 Å². The molecule has 0 radical (unpaired) electrons. The van der Waals surface area contributed by atoms with Crippen LogP contribution in [0, 0.1) is 0 Å². The normalized spacial score (nSPS) is 13.5. The molecule has 0 aliphatic heterocycles. The molecule has 0 saturated heterocycles. The van der Waals surface area contributed by atoms with E-state index in [0.717, 1.165) is 0 Å². The number of aliphatic hydroxyl groups excluding tert-OH is 1. The molecule has 11 heavy (non-hydrogen) atoms. The van der Waals surface area contributed by atoms with Crippen molar-refractivity contribution in [3.63, 3.8) is 0 Å². The zero-order valence-corrected chi connectivity index (χ0v) is 8.63. The molecule has 5 heteroatoms. The Balaban J connectivity index is 0. The maximum absolute atomic E-state index is 10.3. The Kier molecular flexibility index (Phi) is 5.74. The van der Waals surface area contributed by atoms with Crippen molar-refractivity contribution in [3.05, 3.63) is 0 Å². The molecular formula is C6H15BrN2O2. The molecule has 0 spiro atoms. The van der Waals surface area contributed by atoms with Gasteiger partial charge in [0.2, 0.25) is 0 Å². The molecule has 0 aromatic rings. The quantitative estimate of drug-likeness (QED) is 0.478. The van der Waals surface area contributed by atoms with Crippen molar-refractivity contribution in [1.82, 2.24) is 0 Å². The molecule has 0 fully saturated rings. The lowest BCUT2D eigenvalue weighted by atomic mass is 10.3. The Morgan fingerprint density at radius 3 is 2.00 bits per heavy atom. The molecule has 1 amide bonds. The first kappa shape index (κ1) is 13.5. The summed E-state index contributed by atoms with van der Waals surface area (Å²) in [6.07, 6.45) is -1.03. The lowest BCUT2D eigenvalue weighted by Crippen LogP contribution is -3.00. The van der Waals surface area contributed by atoms with E-state index in [1.807, 2.05) is 21.1 Å². The highest BCUT2D eigenvalue weighted by molar-refractivity contribution is 5.78. The van der Waals surface area contributed by atoms with Gasteiger partial charge in [0.1, 0.15) is 6.54 Å². The van der Waals surface area contributed by atoms with Crippen molar-refractivity contribution in [1.29, 1.82) is 0 Å². The second-order valence-corrected chi connectivity index (χ2v) is 3.39. The fourth-order valence-electron chi connectivity index (χ4n) is 0.609. The zero-order valence-electron chi connectivity index (χ0n) is 7.04. The number of quaternary nitrogens is 1. The topological polar surface area (TPSA) is 63.3 Å². The molecule has 0 saturated carbocycles. The minimum absolute atomic E-state index is 0. The van der Waals surface area contributed by atoms with E-state index >= 15 is 0 Å². The van der Waals surface area contributed by atoms with Crippen molar-refractivity contribution < 1.29 is 31.4 Å². The standard InChI is InChI=1S/C6H14N2O2.BrH/c1-8(2,3)4-5(9)6(7)10;/h5,9H,4H2,1-3H3,(H-,7,10);1H. The van der Waals surface area contributed by atoms with Crippen LogP contribution in [0.4, 0.5) is 0 Å². The van der Waals surface area contributed by atoms with Crippen LogP contribution in [0.3, 0.4) is 0 Å². The Hall–Kier alpha value is -0.130. The third kappa shape index (κ3) is 7.77. The molecule has 1 atom stereocenters. The van der Waals surface area contributed by atoms with Crippen LogP contribution in [0.2, 0.25) is 0 Å². The first-order chi connectivity index (χ1) is 4.33. The van der Waals surface area contributed by atoms with E-state index < -0.39 is 12.0 Å². The predicted octanol–water partition coefficient (Wildman–Crippen LogP) is -4.46. The van der Waals surface area contributed by atoms with E-state index in [0.29, 0.717) is 11.0 Å². The summed E-state index contributed by atoms with van der Waals surface area (Å²) in [5.41, 5.74) is 4.84. The number of nitrogens with two attached hydrogens (primary N) is 1. The summed E-state index contributed by atoms with van der Waals surface area (Å²) in [4.78, 5) is 10.3. The van der Waals surface area contributed by atoms with Gasteiger partial charge in [-0.15, -0.1) is 0 Å². The average molecular weight is 227 g/mol. The predicted molar refractivity (Wildman–Crippen MR) is 38.1 cm³/mol. The minimum Gasteiger partial charge on any atom is -1.00 e. The Morgan fingerprint density at radius 1 is 1.55 bits per heavy atom. The summed E-state index contributed by atoms with van der Waals surface area (Å²) >= 11 is 0. The maximum Gasteiger partial charge on any atom is 0.252 e. The van der Waals surface area contributed by atoms with Crippen molar-refractivity contribution in [2.24, 2.45) is 5.73 Å². The molecular weight excluding hydrogens is 212 g/mol. The van der Waals surface area contributed by atoms with Crippen LogP contribution in [-0.2, 0) is 4.79 Å². The fourth-order valence-corrected chi connectivity index (χ4v) is 0.609. The van der Waals surface area contributed by atoms with Crippen molar-refractivity contribution >= 4 is 5.91 Å². The Bertz CT molecular complexity index is 133. The molecule has 4 nitrogen and oxygen atoms in total. The summed E-state index contributed by atoms with van der Waals surface area (Å²) in [6.45, 7) is 0.356. The zero-order chi connectivity index (χ0) is 8.36. The third-order valence-corrected chi connectivity index (χ3v) is 1.05. The smallest absolute Gasteiger partial charge is 0.252 e. The Morgan fingerprint density at radius 2 is 1.91 bits per heavy atom. The molecule has 0 rings (SSSR count). The summed E-state index contributed by atoms with van der Waals surface area (Å²) in [5.74, 6) is -0.659. The summed E-state index contributed by atoms with van der Waals surface area (Å²) in [6, 6.07) is 0. The molecule has 0 aromatic heterocycles. The summed E-state index contributed by atoms with van der Waals surface area (Å²) in [7, 11) is 5.64. The van der Waals surface area contributed by atoms with Gasteiger partial charge in [-0.05, 0) is 0 Å². The van der Waals surface area contributed by atoms with Gasteiger partial charge in [-0.1, -0.05) is 0 Å². The van der Waals surface area contributed by atoms with Gasteiger partial charge in [0, 0.05) is 0 Å². The van der Waals surface area contributed by atoms with Crippen molar-refractivity contribution in [2.45, 2.75) is 6.10 Å². The van der Waals surface area contributed by atoms with E-state index in [1.54, 1.807) is 0 Å². The first-order valence-electron chi connectivity index (χ1n) is 3.11. The molecule has 0 aliphatic rings. The highest BCUT2D eigenvalue weighted by Crippen LogP contribution is 1.93. The summed E-state index contributed by atoms with van der Waals surface area (Å²) < 4.78 is 0.532. The number of amides is 1. The Labute approximate surface area is 77.3 Å². The lowest BCUT2D eigenvalue weighted by molar-refractivity contribution is -0.872. The number of hydrogen-bond donors (Lipinski definition) is 2. The van der Waals surface area contributed by atoms with Gasteiger partial charge in [-0.25, -0.2) is 0 Å². The van der Waals surface area contributed by atoms with Crippen LogP contribution in [0.15, 0.2) is 0 Å². The second-order valence-electron chi connectivity index (χ2n) is 3.39. The van der Waals surface area contributed by atoms with Crippen molar-refractivity contribution in [3.8, 4) is 0 Å². The fraction of sp³-hybridized carbons (Fsp3) is 0.833. The summed E-state index contributed by atoms with van der Waals surface area (Å²) in [5, 5.41) is 8.97. The SMILES string of the molecule is C[N+](C)(C)CC(O)C(N)=O.[Br-]. The van der Waals surface area contributed by atoms with E-state index in [-0.39, 0.29) is 17.0 Å². The van der Waals surface area contributed by atoms with Gasteiger partial charge in [0.05, 0.1) is 21.1 Å². The number of nitrogens with zero attached hydrogens (tertiary/aromatic N) is 1. The molecule has 3 N–H and O–H groups in total. The first-order valence-corrected chi connectivity index (χ1v) is 3.11. The minimum atomic E-state index is -1.03. The molecule has 68 valence electrons. The van der Waals surface area contributed by atoms with E-state index in [1.165, 1.54) is 0 Å². The number of carbonyl (C=O) groups excluding carboxylic acids is 1. The number of hydrogen-bond acceptors (Lipinski definition) is 2. The van der Waals surface area contributed by atoms with Gasteiger partial charge < -0.3 is 32.3 Å². The number of likely N-dealkylation sites (N-methyl/N-ethyl adjacent to an activating group) is 1. The van der Waals surface area contributed by atoms with E-state index in [4.69, 9.17) is 10.8 Å². The van der Waals surface area contributed by atoms with Gasteiger partial charge in [0.15, 0.2) is 6.10 Å². The molecule has 0 aromatic carbocycles. The largest absolute Gasteiger partial charge is 1.00 e. The average Bonchev–Trinajstić information content (AvgIpc) is 1.60. The van der Waals surface area contributed by atoms with Gasteiger partial charge in [0.25, 0.3) is 5.91 Å². The van der Waals surface area contributed by atoms with Crippen LogP contribution in [0.25, 0.3) is 0 Å². The van der Waals surface area contributed by atoms with Crippen LogP contribution in [-0.4, -0.2) is 49.3 Å². The maximum atomic E-state index is 10.3. The third-order valence-electron chi connectivity index (χ3n) is 1.05. The highest BCUT2D eigenvalue weighted by Gasteiger charge is 2.19. The van der Waals surface area contributed by atoms with E-state index in [2.05, 4.69) is 0 Å². The lowest BCUT2D eigenvalue weighted by Gasteiger charge is -2.25. The van der Waals surface area contributed by atoms with Gasteiger partial charge in [-0.3, -0.25) is 4.79 Å². The van der Waals surface area contributed by atoms with Gasteiger partial charge in [-0.2, -0.15) is 0 Å². The molecule has 0 heterocycles. The number of halogens is 1. The highest BCUT2D eigenvalue weighted by atomic mass is 79.9. The molecule has 0 bridgehead atoms. The van der Waals surface area contributed by atoms with Crippen LogP contribution in [0.5, 0.6) is 0 Å². The molecule has 0 aliphatic carbocycles. The number of primary amides is 1. The number of rotatable bonds is 3. The van der Waals surface area contributed by atoms with Crippen LogP contribution >= 0.6 is 0 Å². The monoisotopic (exact) mass is 226 g/mol. The van der Waals surface area contributed by atoms with E-state index in [9.17, 15) is 4.79 Å². The van der Waals surface area contributed by atoms with Crippen molar-refractivity contribution in [2.75, 3.05) is 27.7 Å². The number of aliphatic hydroxyl groups is 1.